The maximum atomic E-state index is 5.94. The van der Waals surface area contributed by atoms with Crippen molar-refractivity contribution in [1.29, 1.82) is 0 Å². The molecule has 1 aromatic heterocycles. The van der Waals surface area contributed by atoms with Crippen LogP contribution in [0.4, 0.5) is 0 Å². The van der Waals surface area contributed by atoms with Crippen molar-refractivity contribution in [2.45, 2.75) is 213 Å². The molecule has 3 rings (SSSR count). The lowest BCUT2D eigenvalue weighted by Gasteiger charge is -2.18. The zero-order valence-electron chi connectivity index (χ0n) is 32.2. The molecule has 2 atom stereocenters. The molecule has 0 bridgehead atoms. The summed E-state index contributed by atoms with van der Waals surface area (Å²) in [5, 5.41) is 2.84. The van der Waals surface area contributed by atoms with Gasteiger partial charge in [0, 0.05) is 21.8 Å². The molecule has 0 spiro atoms. The maximum absolute atomic E-state index is 5.94. The molecule has 0 fully saturated rings. The second kappa shape index (κ2) is 24.9. The van der Waals surface area contributed by atoms with E-state index in [2.05, 4.69) is 74.6 Å². The van der Waals surface area contributed by atoms with Gasteiger partial charge in [0.15, 0.2) is 0 Å². The minimum Gasteiger partial charge on any atom is -0.329 e. The monoisotopic (exact) mass is 654 g/mol. The molecule has 0 saturated heterocycles. The van der Waals surface area contributed by atoms with E-state index in [1.165, 1.54) is 189 Å². The molecular weight excluding hydrogens is 579 g/mol. The number of terminal acetylenes is 1. The number of rotatable bonds is 29. The summed E-state index contributed by atoms with van der Waals surface area (Å²) >= 11 is 0. The van der Waals surface area contributed by atoms with E-state index in [1.54, 1.807) is 11.1 Å². The zero-order chi connectivity index (χ0) is 34.2. The van der Waals surface area contributed by atoms with Crippen LogP contribution >= 0.6 is 0 Å². The van der Waals surface area contributed by atoms with Crippen molar-refractivity contribution in [3.63, 3.8) is 0 Å². The first-order valence-electron chi connectivity index (χ1n) is 21.2. The normalized spacial score (nSPS) is 13.0. The molecule has 0 aliphatic rings. The van der Waals surface area contributed by atoms with E-state index in [-0.39, 0.29) is 0 Å². The van der Waals surface area contributed by atoms with Crippen molar-refractivity contribution in [1.82, 2.24) is 4.57 Å². The lowest BCUT2D eigenvalue weighted by Crippen LogP contribution is -2.00. The smallest absolute Gasteiger partial charge is 0.0841 e. The first-order valence-corrected chi connectivity index (χ1v) is 21.2. The number of unbranched alkanes of at least 4 members (excludes halogenated alkanes) is 18. The van der Waals surface area contributed by atoms with Crippen molar-refractivity contribution >= 4 is 21.8 Å². The summed E-state index contributed by atoms with van der Waals surface area (Å²) in [4.78, 5) is 0. The molecule has 268 valence electrons. The summed E-state index contributed by atoms with van der Waals surface area (Å²) in [6, 6.07) is 14.8. The summed E-state index contributed by atoms with van der Waals surface area (Å²) in [6.45, 7) is 9.94. The Labute approximate surface area is 298 Å². The fourth-order valence-corrected chi connectivity index (χ4v) is 8.17. The Kier molecular flexibility index (Phi) is 20.8. The number of fused-ring (bicyclic) bond motifs is 3. The average Bonchev–Trinajstić information content (AvgIpc) is 3.41. The predicted molar refractivity (Wildman–Crippen MR) is 216 cm³/mol. The molecule has 0 saturated carbocycles. The molecule has 0 N–H and O–H groups in total. The van der Waals surface area contributed by atoms with Gasteiger partial charge >= 0.3 is 0 Å². The van der Waals surface area contributed by atoms with Crippen LogP contribution in [0, 0.1) is 12.3 Å². The van der Waals surface area contributed by atoms with Crippen LogP contribution in [0.25, 0.3) is 21.8 Å². The molecule has 0 aliphatic carbocycles. The van der Waals surface area contributed by atoms with Crippen molar-refractivity contribution in [2.75, 3.05) is 0 Å². The Hall–Kier alpha value is -2.20. The van der Waals surface area contributed by atoms with Gasteiger partial charge in [-0.25, -0.2) is 0 Å². The molecule has 2 unspecified atom stereocenters. The highest BCUT2D eigenvalue weighted by molar-refractivity contribution is 6.08. The summed E-state index contributed by atoms with van der Waals surface area (Å²) in [5.41, 5.74) is 5.73. The Balaban J connectivity index is 1.75. The standard InChI is InChI=1S/C47H75N/c1-6-11-15-17-19-21-23-25-27-31-40(29-13-8-3)42-33-35-46-44(38-42)45-39-43(34-36-47(45)48(46)37-10-5)41(30-14-9-4)32-28-26-24-22-20-18-16-12-7-2/h5,33-36,38-41H,6-9,11-32,37H2,1-4H3. The third-order valence-electron chi connectivity index (χ3n) is 11.2. The average molecular weight is 654 g/mol. The quantitative estimate of drug-likeness (QED) is 0.0519. The second-order valence-corrected chi connectivity index (χ2v) is 15.3. The third-order valence-corrected chi connectivity index (χ3v) is 11.2. The summed E-state index contributed by atoms with van der Waals surface area (Å²) in [5.74, 6) is 4.29. The van der Waals surface area contributed by atoms with Gasteiger partial charge in [0.1, 0.15) is 0 Å². The highest BCUT2D eigenvalue weighted by Gasteiger charge is 2.18. The largest absolute Gasteiger partial charge is 0.329 e. The SMILES string of the molecule is C#CCn1c2ccc(C(CCCC)CCCCCCCCCCC)cc2c2cc(C(CCCC)CCCCCCCCCCC)ccc21. The molecule has 48 heavy (non-hydrogen) atoms. The molecular formula is C47H75N. The van der Waals surface area contributed by atoms with Gasteiger partial charge in [-0.3, -0.25) is 0 Å². The Bertz CT molecular complexity index is 1200. The van der Waals surface area contributed by atoms with E-state index < -0.39 is 0 Å². The molecule has 2 aromatic carbocycles. The van der Waals surface area contributed by atoms with Crippen molar-refractivity contribution in [3.05, 3.63) is 47.5 Å². The van der Waals surface area contributed by atoms with E-state index in [4.69, 9.17) is 6.42 Å². The van der Waals surface area contributed by atoms with Crippen molar-refractivity contribution < 1.29 is 0 Å². The van der Waals surface area contributed by atoms with Gasteiger partial charge in [-0.1, -0.05) is 187 Å². The fraction of sp³-hybridized carbons (Fsp3) is 0.702. The lowest BCUT2D eigenvalue weighted by molar-refractivity contribution is 0.497. The van der Waals surface area contributed by atoms with E-state index >= 15 is 0 Å². The predicted octanol–water partition coefficient (Wildman–Crippen LogP) is 15.8. The Morgan fingerprint density at radius 1 is 0.458 bits per heavy atom. The zero-order valence-corrected chi connectivity index (χ0v) is 32.2. The molecule has 0 amide bonds. The number of benzene rings is 2. The minimum atomic E-state index is 0.633. The first kappa shape index (κ1) is 40.2. The maximum Gasteiger partial charge on any atom is 0.0841 e. The summed E-state index contributed by atoms with van der Waals surface area (Å²) < 4.78 is 2.39. The van der Waals surface area contributed by atoms with Gasteiger partial charge in [-0.2, -0.15) is 0 Å². The van der Waals surface area contributed by atoms with Crippen LogP contribution in [0.15, 0.2) is 36.4 Å². The molecule has 1 heterocycles. The minimum absolute atomic E-state index is 0.633. The number of nitrogens with zero attached hydrogens (tertiary/aromatic N) is 1. The molecule has 3 aromatic rings. The van der Waals surface area contributed by atoms with Gasteiger partial charge in [0.25, 0.3) is 0 Å². The molecule has 0 radical (unpaired) electrons. The van der Waals surface area contributed by atoms with Crippen molar-refractivity contribution in [3.8, 4) is 12.3 Å². The van der Waals surface area contributed by atoms with Gasteiger partial charge in [-0.05, 0) is 72.9 Å². The van der Waals surface area contributed by atoms with E-state index in [0.29, 0.717) is 18.4 Å². The van der Waals surface area contributed by atoms with Crippen LogP contribution in [0.1, 0.15) is 218 Å². The lowest BCUT2D eigenvalue weighted by atomic mass is 9.86. The van der Waals surface area contributed by atoms with Gasteiger partial charge in [0.2, 0.25) is 0 Å². The van der Waals surface area contributed by atoms with Crippen LogP contribution in [0.5, 0.6) is 0 Å². The highest BCUT2D eigenvalue weighted by Crippen LogP contribution is 2.38. The van der Waals surface area contributed by atoms with E-state index in [0.717, 1.165) is 0 Å². The van der Waals surface area contributed by atoms with Crippen molar-refractivity contribution in [2.24, 2.45) is 0 Å². The van der Waals surface area contributed by atoms with Crippen LogP contribution in [-0.4, -0.2) is 4.57 Å². The topological polar surface area (TPSA) is 4.93 Å². The molecule has 1 heteroatoms. The van der Waals surface area contributed by atoms with Crippen LogP contribution in [-0.2, 0) is 6.54 Å². The number of hydrogen-bond acceptors (Lipinski definition) is 0. The Morgan fingerprint density at radius 3 is 1.15 bits per heavy atom. The fourth-order valence-electron chi connectivity index (χ4n) is 8.17. The molecule has 0 aliphatic heterocycles. The van der Waals surface area contributed by atoms with Crippen LogP contribution in [0.3, 0.4) is 0 Å². The number of aromatic nitrogens is 1. The molecule has 1 nitrogen and oxygen atoms in total. The van der Waals surface area contributed by atoms with E-state index in [9.17, 15) is 0 Å². The van der Waals surface area contributed by atoms with Crippen LogP contribution < -0.4 is 0 Å². The summed E-state index contributed by atoms with van der Waals surface area (Å²) in [7, 11) is 0. The highest BCUT2D eigenvalue weighted by atomic mass is 15.0. The first-order chi connectivity index (χ1) is 23.7. The van der Waals surface area contributed by atoms with Gasteiger partial charge in [0.05, 0.1) is 6.54 Å². The second-order valence-electron chi connectivity index (χ2n) is 15.3. The van der Waals surface area contributed by atoms with Gasteiger partial charge in [-0.15, -0.1) is 6.42 Å². The van der Waals surface area contributed by atoms with Gasteiger partial charge < -0.3 is 4.57 Å². The Morgan fingerprint density at radius 2 is 0.792 bits per heavy atom. The third kappa shape index (κ3) is 13.6. The number of hydrogen-bond donors (Lipinski definition) is 0. The van der Waals surface area contributed by atoms with Crippen LogP contribution in [0.2, 0.25) is 0 Å². The van der Waals surface area contributed by atoms with E-state index in [1.807, 2.05) is 0 Å². The summed E-state index contributed by atoms with van der Waals surface area (Å²) in [6.07, 6.45) is 41.6.